The summed E-state index contributed by atoms with van der Waals surface area (Å²) in [5, 5.41) is 16.5. The van der Waals surface area contributed by atoms with Crippen LogP contribution in [0.3, 0.4) is 0 Å². The van der Waals surface area contributed by atoms with Crippen molar-refractivity contribution in [2.24, 2.45) is 5.92 Å². The molecule has 0 saturated heterocycles. The molecule has 3 rings (SSSR count). The molecule has 3 aromatic rings. The predicted octanol–water partition coefficient (Wildman–Crippen LogP) is 2.81. The van der Waals surface area contributed by atoms with E-state index in [2.05, 4.69) is 26.2 Å². The molecule has 8 nitrogen and oxygen atoms in total. The van der Waals surface area contributed by atoms with Crippen LogP contribution in [-0.4, -0.2) is 38.1 Å². The van der Waals surface area contributed by atoms with Crippen LogP contribution in [0.5, 0.6) is 0 Å². The van der Waals surface area contributed by atoms with Crippen molar-refractivity contribution < 1.29 is 14.0 Å². The van der Waals surface area contributed by atoms with E-state index in [0.717, 1.165) is 5.56 Å². The summed E-state index contributed by atoms with van der Waals surface area (Å²) in [7, 11) is 0. The van der Waals surface area contributed by atoms with Crippen LogP contribution in [0.25, 0.3) is 5.69 Å². The van der Waals surface area contributed by atoms with Crippen molar-refractivity contribution in [3.8, 4) is 5.69 Å². The fourth-order valence-corrected chi connectivity index (χ4v) is 2.97. The quantitative estimate of drug-likeness (QED) is 0.651. The molecule has 1 atom stereocenters. The number of rotatable bonds is 6. The first-order valence-electron chi connectivity index (χ1n) is 9.49. The predicted molar refractivity (Wildman–Crippen MR) is 110 cm³/mol. The van der Waals surface area contributed by atoms with Crippen LogP contribution in [0.2, 0.25) is 0 Å². The SMILES string of the molecule is Cc1cccc(C(=O)NC(C(=O)Nc2cc(-n3nnnc3C)ccc2F)C(C)C)c1. The molecule has 1 heterocycles. The number of hydrogen-bond acceptors (Lipinski definition) is 5. The Kier molecular flexibility index (Phi) is 6.20. The van der Waals surface area contributed by atoms with Gasteiger partial charge < -0.3 is 10.6 Å². The van der Waals surface area contributed by atoms with Crippen molar-refractivity contribution >= 4 is 17.5 Å². The van der Waals surface area contributed by atoms with Crippen molar-refractivity contribution in [2.75, 3.05) is 5.32 Å². The fraction of sp³-hybridized carbons (Fsp3) is 0.286. The Balaban J connectivity index is 1.80. The lowest BCUT2D eigenvalue weighted by molar-refractivity contribution is -0.118. The van der Waals surface area contributed by atoms with Crippen LogP contribution >= 0.6 is 0 Å². The Hall–Kier alpha value is -3.62. The van der Waals surface area contributed by atoms with E-state index in [1.165, 1.54) is 22.9 Å². The maximum Gasteiger partial charge on any atom is 0.251 e. The first-order valence-corrected chi connectivity index (χ1v) is 9.49. The zero-order valence-electron chi connectivity index (χ0n) is 17.2. The van der Waals surface area contributed by atoms with Gasteiger partial charge in [0.15, 0.2) is 5.82 Å². The second-order valence-electron chi connectivity index (χ2n) is 7.36. The van der Waals surface area contributed by atoms with Gasteiger partial charge in [0.1, 0.15) is 11.9 Å². The Morgan fingerprint density at radius 1 is 1.10 bits per heavy atom. The Morgan fingerprint density at radius 2 is 1.87 bits per heavy atom. The van der Waals surface area contributed by atoms with E-state index in [1.807, 2.05) is 13.0 Å². The van der Waals surface area contributed by atoms with Crippen LogP contribution in [0, 0.1) is 25.6 Å². The van der Waals surface area contributed by atoms with E-state index in [1.54, 1.807) is 39.0 Å². The topological polar surface area (TPSA) is 102 Å². The second kappa shape index (κ2) is 8.81. The highest BCUT2D eigenvalue weighted by atomic mass is 19.1. The number of tetrazole rings is 1. The van der Waals surface area contributed by atoms with E-state index in [-0.39, 0.29) is 17.5 Å². The number of nitrogens with one attached hydrogen (secondary N) is 2. The lowest BCUT2D eigenvalue weighted by atomic mass is 10.0. The third-order valence-corrected chi connectivity index (χ3v) is 4.59. The monoisotopic (exact) mass is 410 g/mol. The molecule has 0 fully saturated rings. The van der Waals surface area contributed by atoms with Gasteiger partial charge >= 0.3 is 0 Å². The summed E-state index contributed by atoms with van der Waals surface area (Å²) in [5.41, 5.74) is 1.86. The molecule has 156 valence electrons. The summed E-state index contributed by atoms with van der Waals surface area (Å²) in [4.78, 5) is 25.5. The lowest BCUT2D eigenvalue weighted by Gasteiger charge is -2.22. The first kappa shape index (κ1) is 21.1. The number of nitrogens with zero attached hydrogens (tertiary/aromatic N) is 4. The molecule has 1 unspecified atom stereocenters. The molecule has 0 spiro atoms. The normalized spacial score (nSPS) is 11.9. The molecule has 0 aliphatic carbocycles. The average Bonchev–Trinajstić information content (AvgIpc) is 3.13. The van der Waals surface area contributed by atoms with Gasteiger partial charge in [-0.25, -0.2) is 4.39 Å². The van der Waals surface area contributed by atoms with Gasteiger partial charge in [0, 0.05) is 5.56 Å². The van der Waals surface area contributed by atoms with Crippen LogP contribution in [0.15, 0.2) is 42.5 Å². The number of halogens is 1. The van der Waals surface area contributed by atoms with Gasteiger partial charge in [-0.05, 0) is 60.5 Å². The zero-order chi connectivity index (χ0) is 21.8. The molecular formula is C21H23FN6O2. The number of carbonyl (C=O) groups is 2. The number of benzene rings is 2. The van der Waals surface area contributed by atoms with E-state index in [4.69, 9.17) is 0 Å². The molecule has 0 aliphatic heterocycles. The van der Waals surface area contributed by atoms with E-state index in [9.17, 15) is 14.0 Å². The van der Waals surface area contributed by atoms with E-state index >= 15 is 0 Å². The highest BCUT2D eigenvalue weighted by Crippen LogP contribution is 2.20. The Bertz CT molecular complexity index is 1080. The summed E-state index contributed by atoms with van der Waals surface area (Å²) in [5.74, 6) is -1.19. The Morgan fingerprint density at radius 3 is 2.50 bits per heavy atom. The van der Waals surface area contributed by atoms with Gasteiger partial charge in [0.25, 0.3) is 5.91 Å². The van der Waals surface area contributed by atoms with E-state index < -0.39 is 17.8 Å². The van der Waals surface area contributed by atoms with Crippen molar-refractivity contribution in [3.05, 3.63) is 65.2 Å². The molecule has 9 heteroatoms. The Labute approximate surface area is 173 Å². The number of hydrogen-bond donors (Lipinski definition) is 2. The number of aryl methyl sites for hydroxylation is 2. The number of carbonyl (C=O) groups excluding carboxylic acids is 2. The smallest absolute Gasteiger partial charge is 0.251 e. The van der Waals surface area contributed by atoms with Gasteiger partial charge in [-0.2, -0.15) is 4.68 Å². The summed E-state index contributed by atoms with van der Waals surface area (Å²) in [6.07, 6.45) is 0. The molecular weight excluding hydrogens is 387 g/mol. The number of aromatic nitrogens is 4. The molecule has 2 aromatic carbocycles. The third-order valence-electron chi connectivity index (χ3n) is 4.59. The highest BCUT2D eigenvalue weighted by molar-refractivity contribution is 6.01. The molecule has 2 N–H and O–H groups in total. The van der Waals surface area contributed by atoms with Crippen molar-refractivity contribution in [1.29, 1.82) is 0 Å². The van der Waals surface area contributed by atoms with Crippen LogP contribution in [-0.2, 0) is 4.79 Å². The lowest BCUT2D eigenvalue weighted by Crippen LogP contribution is -2.47. The van der Waals surface area contributed by atoms with Gasteiger partial charge in [-0.1, -0.05) is 31.5 Å². The summed E-state index contributed by atoms with van der Waals surface area (Å²) >= 11 is 0. The second-order valence-corrected chi connectivity index (χ2v) is 7.36. The van der Waals surface area contributed by atoms with Gasteiger partial charge in [-0.15, -0.1) is 5.10 Å². The summed E-state index contributed by atoms with van der Waals surface area (Å²) in [6, 6.07) is 10.4. The fourth-order valence-electron chi connectivity index (χ4n) is 2.97. The van der Waals surface area contributed by atoms with Crippen LogP contribution in [0.1, 0.15) is 35.6 Å². The molecule has 0 bridgehead atoms. The standard InChI is InChI=1S/C21H23FN6O2/c1-12(2)19(24-20(29)15-7-5-6-13(3)10-15)21(30)23-18-11-16(8-9-17(18)22)28-14(4)25-26-27-28/h5-12,19H,1-4H3,(H,23,30)(H,24,29). The molecule has 30 heavy (non-hydrogen) atoms. The van der Waals surface area contributed by atoms with Crippen molar-refractivity contribution in [3.63, 3.8) is 0 Å². The first-order chi connectivity index (χ1) is 14.3. The maximum atomic E-state index is 14.3. The number of amides is 2. The van der Waals surface area contributed by atoms with Crippen LogP contribution in [0.4, 0.5) is 10.1 Å². The average molecular weight is 410 g/mol. The minimum absolute atomic E-state index is 0.0251. The summed E-state index contributed by atoms with van der Waals surface area (Å²) in [6.45, 7) is 7.19. The molecule has 1 aromatic heterocycles. The van der Waals surface area contributed by atoms with Gasteiger partial charge in [0.05, 0.1) is 11.4 Å². The minimum Gasteiger partial charge on any atom is -0.340 e. The van der Waals surface area contributed by atoms with Crippen molar-refractivity contribution in [1.82, 2.24) is 25.5 Å². The highest BCUT2D eigenvalue weighted by Gasteiger charge is 2.25. The van der Waals surface area contributed by atoms with E-state index in [0.29, 0.717) is 17.1 Å². The zero-order valence-corrected chi connectivity index (χ0v) is 17.2. The largest absolute Gasteiger partial charge is 0.340 e. The molecule has 0 aliphatic rings. The molecule has 0 radical (unpaired) electrons. The third kappa shape index (κ3) is 4.68. The molecule has 2 amide bonds. The van der Waals surface area contributed by atoms with Crippen LogP contribution < -0.4 is 10.6 Å². The maximum absolute atomic E-state index is 14.3. The molecule has 0 saturated carbocycles. The summed E-state index contributed by atoms with van der Waals surface area (Å²) < 4.78 is 15.8. The van der Waals surface area contributed by atoms with Gasteiger partial charge in [0.2, 0.25) is 5.91 Å². The number of anilines is 1. The minimum atomic E-state index is -0.851. The van der Waals surface area contributed by atoms with Gasteiger partial charge in [-0.3, -0.25) is 9.59 Å². The van der Waals surface area contributed by atoms with Crippen molar-refractivity contribution in [2.45, 2.75) is 33.7 Å².